The smallest absolute Gasteiger partial charge is 0.305 e. The van der Waals surface area contributed by atoms with Gasteiger partial charge in [0.25, 0.3) is 0 Å². The minimum Gasteiger partial charge on any atom is -0.481 e. The highest BCUT2D eigenvalue weighted by atomic mass is 16.5. The van der Waals surface area contributed by atoms with Gasteiger partial charge in [-0.25, -0.2) is 0 Å². The molecule has 0 fully saturated rings. The Balaban J connectivity index is 4.93. The van der Waals surface area contributed by atoms with Crippen molar-refractivity contribution in [2.45, 2.75) is 31.7 Å². The van der Waals surface area contributed by atoms with Gasteiger partial charge < -0.3 is 29.7 Å². The molecule has 3 N–H and O–H groups in total. The lowest BCUT2D eigenvalue weighted by atomic mass is 10.0. The molecule has 0 aromatic heterocycles. The van der Waals surface area contributed by atoms with Crippen molar-refractivity contribution in [3.8, 4) is 0 Å². The average Bonchev–Trinajstić information content (AvgIpc) is 2.55. The minimum absolute atomic E-state index is 0.0315. The van der Waals surface area contributed by atoms with E-state index in [2.05, 4.69) is 11.9 Å². The molecule has 1 atom stereocenters. The number of ether oxygens (including phenoxy) is 3. The summed E-state index contributed by atoms with van der Waals surface area (Å²) in [5, 5.41) is 20.0. The lowest BCUT2D eigenvalue weighted by molar-refractivity contribution is -0.140. The van der Waals surface area contributed by atoms with Crippen LogP contribution in [0, 0.1) is 0 Å². The summed E-state index contributed by atoms with van der Waals surface area (Å²) in [6.07, 6.45) is 0.873. The quantitative estimate of drug-likeness (QED) is 0.266. The van der Waals surface area contributed by atoms with E-state index in [1.807, 2.05) is 0 Å². The molecule has 0 saturated carbocycles. The monoisotopic (exact) mass is 361 g/mol. The number of carbonyl (C=O) groups excluding carboxylic acids is 1. The normalized spacial score (nSPS) is 13.0. The van der Waals surface area contributed by atoms with E-state index in [0.29, 0.717) is 6.61 Å². The van der Waals surface area contributed by atoms with E-state index in [9.17, 15) is 14.4 Å². The van der Waals surface area contributed by atoms with Crippen LogP contribution in [0.1, 0.15) is 26.2 Å². The number of carbonyl (C=O) groups is 3. The Bertz CT molecular complexity index is 440. The highest BCUT2D eigenvalue weighted by Gasteiger charge is 2.33. The predicted octanol–water partition coefficient (Wildman–Crippen LogP) is 0.437. The molecule has 0 spiro atoms. The third-order valence-electron chi connectivity index (χ3n) is 3.01. The molecule has 1 amide bonds. The minimum atomic E-state index is -1.08. The van der Waals surface area contributed by atoms with Crippen LogP contribution < -0.4 is 5.32 Å². The zero-order chi connectivity index (χ0) is 19.1. The van der Waals surface area contributed by atoms with Crippen LogP contribution in [0.15, 0.2) is 12.7 Å². The van der Waals surface area contributed by atoms with Gasteiger partial charge in [-0.1, -0.05) is 6.08 Å². The SMILES string of the molecule is C=CCOCC(COCC)(COCCC(=O)O)NC(=O)CCC(=O)O. The summed E-state index contributed by atoms with van der Waals surface area (Å²) >= 11 is 0. The summed E-state index contributed by atoms with van der Waals surface area (Å²) in [7, 11) is 0. The fraction of sp³-hybridized carbons (Fsp3) is 0.688. The molecule has 9 nitrogen and oxygen atoms in total. The van der Waals surface area contributed by atoms with Gasteiger partial charge in [-0.15, -0.1) is 6.58 Å². The molecular formula is C16H27NO8. The van der Waals surface area contributed by atoms with Crippen LogP contribution in [-0.2, 0) is 28.6 Å². The zero-order valence-electron chi connectivity index (χ0n) is 14.5. The van der Waals surface area contributed by atoms with Crippen LogP contribution in [0.5, 0.6) is 0 Å². The van der Waals surface area contributed by atoms with Gasteiger partial charge >= 0.3 is 11.9 Å². The van der Waals surface area contributed by atoms with Crippen molar-refractivity contribution in [1.29, 1.82) is 0 Å². The first kappa shape index (κ1) is 23.0. The van der Waals surface area contributed by atoms with Crippen LogP contribution >= 0.6 is 0 Å². The number of rotatable bonds is 16. The Morgan fingerprint density at radius 2 is 1.60 bits per heavy atom. The molecule has 0 rings (SSSR count). The van der Waals surface area contributed by atoms with E-state index in [1.54, 1.807) is 13.0 Å². The lowest BCUT2D eigenvalue weighted by Crippen LogP contribution is -2.58. The number of aliphatic carboxylic acids is 2. The molecule has 0 bridgehead atoms. The maximum Gasteiger partial charge on any atom is 0.305 e. The topological polar surface area (TPSA) is 131 Å². The van der Waals surface area contributed by atoms with Crippen LogP contribution in [0.4, 0.5) is 0 Å². The van der Waals surface area contributed by atoms with E-state index in [0.717, 1.165) is 0 Å². The first-order chi connectivity index (χ1) is 11.8. The van der Waals surface area contributed by atoms with Gasteiger partial charge in [-0.2, -0.15) is 0 Å². The predicted molar refractivity (Wildman–Crippen MR) is 88.3 cm³/mol. The number of amides is 1. The summed E-state index contributed by atoms with van der Waals surface area (Å²) in [4.78, 5) is 33.2. The second-order valence-corrected chi connectivity index (χ2v) is 5.36. The molecule has 0 heterocycles. The van der Waals surface area contributed by atoms with Crippen molar-refractivity contribution in [3.05, 3.63) is 12.7 Å². The lowest BCUT2D eigenvalue weighted by Gasteiger charge is -2.34. The van der Waals surface area contributed by atoms with Crippen LogP contribution in [-0.4, -0.2) is 73.2 Å². The number of carboxylic acids is 2. The van der Waals surface area contributed by atoms with Gasteiger partial charge in [0.1, 0.15) is 5.54 Å². The number of carboxylic acid groups (broad SMARTS) is 2. The highest BCUT2D eigenvalue weighted by molar-refractivity contribution is 5.81. The van der Waals surface area contributed by atoms with Crippen molar-refractivity contribution in [2.75, 3.05) is 39.6 Å². The van der Waals surface area contributed by atoms with Crippen molar-refractivity contribution in [2.24, 2.45) is 0 Å². The number of hydrogen-bond acceptors (Lipinski definition) is 6. The molecular weight excluding hydrogens is 334 g/mol. The van der Waals surface area contributed by atoms with E-state index >= 15 is 0 Å². The molecule has 144 valence electrons. The molecule has 0 radical (unpaired) electrons. The van der Waals surface area contributed by atoms with E-state index in [-0.39, 0.29) is 52.3 Å². The van der Waals surface area contributed by atoms with Crippen molar-refractivity contribution >= 4 is 17.8 Å². The molecule has 0 aromatic carbocycles. The fourth-order valence-electron chi connectivity index (χ4n) is 1.87. The molecule has 0 aliphatic carbocycles. The van der Waals surface area contributed by atoms with E-state index in [1.165, 1.54) is 0 Å². The number of hydrogen-bond donors (Lipinski definition) is 3. The highest BCUT2D eigenvalue weighted by Crippen LogP contribution is 2.10. The second kappa shape index (κ2) is 13.3. The van der Waals surface area contributed by atoms with Gasteiger partial charge in [0.15, 0.2) is 0 Å². The van der Waals surface area contributed by atoms with E-state index in [4.69, 9.17) is 24.4 Å². The molecule has 9 heteroatoms. The zero-order valence-corrected chi connectivity index (χ0v) is 14.5. The summed E-state index contributed by atoms with van der Waals surface area (Å²) in [6.45, 7) is 6.02. The molecule has 0 aliphatic rings. The molecule has 0 saturated heterocycles. The Morgan fingerprint density at radius 3 is 2.16 bits per heavy atom. The van der Waals surface area contributed by atoms with Gasteiger partial charge in [-0.05, 0) is 6.92 Å². The maximum absolute atomic E-state index is 12.0. The summed E-state index contributed by atoms with van der Waals surface area (Å²) in [5.74, 6) is -2.55. The van der Waals surface area contributed by atoms with Crippen molar-refractivity contribution in [1.82, 2.24) is 5.32 Å². The van der Waals surface area contributed by atoms with Gasteiger partial charge in [0, 0.05) is 13.0 Å². The van der Waals surface area contributed by atoms with Crippen molar-refractivity contribution in [3.63, 3.8) is 0 Å². The van der Waals surface area contributed by atoms with Crippen molar-refractivity contribution < 1.29 is 38.8 Å². The largest absolute Gasteiger partial charge is 0.481 e. The third-order valence-corrected chi connectivity index (χ3v) is 3.01. The molecule has 25 heavy (non-hydrogen) atoms. The Hall–Kier alpha value is -1.97. The maximum atomic E-state index is 12.0. The van der Waals surface area contributed by atoms with Crippen LogP contribution in [0.3, 0.4) is 0 Å². The van der Waals surface area contributed by atoms with E-state index < -0.39 is 23.4 Å². The third kappa shape index (κ3) is 12.1. The number of nitrogens with one attached hydrogen (secondary N) is 1. The first-order valence-corrected chi connectivity index (χ1v) is 7.94. The molecule has 0 aromatic rings. The van der Waals surface area contributed by atoms with Gasteiger partial charge in [-0.3, -0.25) is 14.4 Å². The summed E-state index contributed by atoms with van der Waals surface area (Å²) < 4.78 is 16.2. The standard InChI is InChI=1S/C16H27NO8/c1-3-8-24-11-16(10-23-4-2,12-25-9-7-15(21)22)17-13(18)5-6-14(19)20/h3H,1,4-12H2,2H3,(H,17,18)(H,19,20)(H,21,22). The fourth-order valence-corrected chi connectivity index (χ4v) is 1.87. The van der Waals surface area contributed by atoms with Gasteiger partial charge in [0.05, 0.1) is 45.9 Å². The Morgan fingerprint density at radius 1 is 1.00 bits per heavy atom. The summed E-state index contributed by atoms with van der Waals surface area (Å²) in [5.41, 5.74) is -1.05. The van der Waals surface area contributed by atoms with Crippen LogP contribution in [0.2, 0.25) is 0 Å². The molecule has 0 aliphatic heterocycles. The summed E-state index contributed by atoms with van der Waals surface area (Å²) in [6, 6.07) is 0. The Labute approximate surface area is 146 Å². The molecule has 1 unspecified atom stereocenters. The van der Waals surface area contributed by atoms with Gasteiger partial charge in [0.2, 0.25) is 5.91 Å². The Kier molecular flexibility index (Phi) is 12.3. The first-order valence-electron chi connectivity index (χ1n) is 7.94. The average molecular weight is 361 g/mol. The second-order valence-electron chi connectivity index (χ2n) is 5.36. The van der Waals surface area contributed by atoms with Crippen LogP contribution in [0.25, 0.3) is 0 Å².